The summed E-state index contributed by atoms with van der Waals surface area (Å²) in [4.78, 5) is 0. The minimum Gasteiger partial charge on any atom is -0.392 e. The Bertz CT molecular complexity index is 383. The zero-order chi connectivity index (χ0) is 12.3. The molecule has 1 nitrogen and oxygen atoms in total. The third kappa shape index (κ3) is 3.88. The molecule has 0 spiro atoms. The fourth-order valence-corrected chi connectivity index (χ4v) is 4.97. The van der Waals surface area contributed by atoms with E-state index in [1.165, 1.54) is 12.1 Å². The van der Waals surface area contributed by atoms with Crippen molar-refractivity contribution in [3.8, 4) is 0 Å². The number of aliphatic hydroxyl groups is 1. The van der Waals surface area contributed by atoms with Gasteiger partial charge in [0.2, 0.25) is 0 Å². The summed E-state index contributed by atoms with van der Waals surface area (Å²) < 4.78 is 14.0. The number of benzene rings is 1. The van der Waals surface area contributed by atoms with E-state index in [-0.39, 0.29) is 11.1 Å². The van der Waals surface area contributed by atoms with Gasteiger partial charge in [0.15, 0.2) is 0 Å². The predicted molar refractivity (Wildman–Crippen MR) is 77.4 cm³/mol. The summed E-state index contributed by atoms with van der Waals surface area (Å²) >= 11 is 7.10. The van der Waals surface area contributed by atoms with Crippen molar-refractivity contribution in [1.82, 2.24) is 0 Å². The first kappa shape index (κ1) is 13.7. The van der Waals surface area contributed by atoms with E-state index in [4.69, 9.17) is 0 Å². The second kappa shape index (κ2) is 6.45. The van der Waals surface area contributed by atoms with Crippen molar-refractivity contribution < 1.29 is 9.50 Å². The highest BCUT2D eigenvalue weighted by atomic mass is 79.9. The monoisotopic (exact) mass is 336 g/mol. The Labute approximate surface area is 118 Å². The Balaban J connectivity index is 2.01. The van der Waals surface area contributed by atoms with Gasteiger partial charge in [0.05, 0.1) is 6.10 Å². The van der Waals surface area contributed by atoms with Crippen LogP contribution in [0.2, 0.25) is 0 Å². The quantitative estimate of drug-likeness (QED) is 0.914. The third-order valence-electron chi connectivity index (χ3n) is 2.71. The molecule has 2 unspecified atom stereocenters. The number of aliphatic hydroxyl groups excluding tert-OH is 1. The second-order valence-electron chi connectivity index (χ2n) is 3.99. The van der Waals surface area contributed by atoms with Gasteiger partial charge >= 0.3 is 0 Å². The molecule has 1 saturated heterocycles. The molecule has 2 atom stereocenters. The van der Waals surface area contributed by atoms with Gasteiger partial charge in [-0.15, -0.1) is 0 Å². The summed E-state index contributed by atoms with van der Waals surface area (Å²) in [6.45, 7) is 0. The van der Waals surface area contributed by atoms with E-state index in [0.717, 1.165) is 27.3 Å². The molecule has 17 heavy (non-hydrogen) atoms. The maximum atomic E-state index is 13.1. The minimum absolute atomic E-state index is 0.249. The van der Waals surface area contributed by atoms with Crippen molar-refractivity contribution >= 4 is 39.5 Å². The van der Waals surface area contributed by atoms with E-state index in [2.05, 4.69) is 15.9 Å². The van der Waals surface area contributed by atoms with Crippen molar-refractivity contribution in [1.29, 1.82) is 0 Å². The molecule has 0 saturated carbocycles. The zero-order valence-electron chi connectivity index (χ0n) is 9.23. The molecule has 1 aromatic carbocycles. The summed E-state index contributed by atoms with van der Waals surface area (Å²) in [6.07, 6.45) is 0.113. The highest BCUT2D eigenvalue weighted by Gasteiger charge is 2.23. The maximum Gasteiger partial charge on any atom is 0.123 e. The average molecular weight is 337 g/mol. The van der Waals surface area contributed by atoms with Crippen LogP contribution in [0.25, 0.3) is 0 Å². The SMILES string of the molecule is OC(Cc1cc(F)ccc1Br)C1CSCCS1. The fraction of sp³-hybridized carbons (Fsp3) is 0.500. The summed E-state index contributed by atoms with van der Waals surface area (Å²) in [5.74, 6) is 2.99. The smallest absolute Gasteiger partial charge is 0.123 e. The van der Waals surface area contributed by atoms with Crippen LogP contribution in [-0.4, -0.2) is 33.7 Å². The molecular weight excluding hydrogens is 323 g/mol. The Morgan fingerprint density at radius 3 is 3.00 bits per heavy atom. The summed E-state index contributed by atoms with van der Waals surface area (Å²) in [5, 5.41) is 10.4. The molecular formula is C12H14BrFOS2. The van der Waals surface area contributed by atoms with Crippen LogP contribution >= 0.6 is 39.5 Å². The van der Waals surface area contributed by atoms with Gasteiger partial charge in [-0.05, 0) is 23.8 Å². The third-order valence-corrected chi connectivity index (χ3v) is 6.39. The molecule has 1 aliphatic heterocycles. The normalized spacial score (nSPS) is 22.4. The Morgan fingerprint density at radius 2 is 2.29 bits per heavy atom. The van der Waals surface area contributed by atoms with Crippen molar-refractivity contribution in [3.63, 3.8) is 0 Å². The van der Waals surface area contributed by atoms with Gasteiger partial charge in [-0.3, -0.25) is 0 Å². The van der Waals surface area contributed by atoms with Crippen molar-refractivity contribution in [2.24, 2.45) is 0 Å². The van der Waals surface area contributed by atoms with Gasteiger partial charge in [-0.2, -0.15) is 23.5 Å². The Kier molecular flexibility index (Phi) is 5.21. The van der Waals surface area contributed by atoms with E-state index in [9.17, 15) is 9.50 Å². The lowest BCUT2D eigenvalue weighted by Crippen LogP contribution is -2.30. The lowest BCUT2D eigenvalue weighted by atomic mass is 10.1. The van der Waals surface area contributed by atoms with Crippen LogP contribution in [0.5, 0.6) is 0 Å². The molecule has 2 rings (SSSR count). The van der Waals surface area contributed by atoms with Crippen LogP contribution in [0.15, 0.2) is 22.7 Å². The summed E-state index contributed by atoms with van der Waals surface area (Å²) in [5.41, 5.74) is 0.841. The fourth-order valence-electron chi connectivity index (χ4n) is 1.78. The van der Waals surface area contributed by atoms with Gasteiger partial charge in [-0.25, -0.2) is 4.39 Å². The molecule has 0 aromatic heterocycles. The number of hydrogen-bond acceptors (Lipinski definition) is 3. The van der Waals surface area contributed by atoms with Gasteiger partial charge < -0.3 is 5.11 Å². The van der Waals surface area contributed by atoms with Crippen molar-refractivity contribution in [2.45, 2.75) is 17.8 Å². The number of halogens is 2. The standard InChI is InChI=1S/C12H14BrFOS2/c13-10-2-1-9(14)5-8(10)6-11(15)12-7-16-3-4-17-12/h1-2,5,11-12,15H,3-4,6-7H2. The highest BCUT2D eigenvalue weighted by Crippen LogP contribution is 2.29. The first-order valence-corrected chi connectivity index (χ1v) is 8.48. The van der Waals surface area contributed by atoms with Crippen LogP contribution in [0.4, 0.5) is 4.39 Å². The van der Waals surface area contributed by atoms with E-state index < -0.39 is 6.10 Å². The number of hydrogen-bond donors (Lipinski definition) is 1. The minimum atomic E-state index is -0.397. The Hall–Kier alpha value is 0.290. The first-order chi connectivity index (χ1) is 8.16. The van der Waals surface area contributed by atoms with E-state index in [1.807, 2.05) is 23.5 Å². The lowest BCUT2D eigenvalue weighted by Gasteiger charge is -2.26. The highest BCUT2D eigenvalue weighted by molar-refractivity contribution is 9.10. The Morgan fingerprint density at radius 1 is 1.47 bits per heavy atom. The molecule has 0 radical (unpaired) electrons. The zero-order valence-corrected chi connectivity index (χ0v) is 12.5. The molecule has 1 N–H and O–H groups in total. The second-order valence-corrected chi connectivity index (χ2v) is 7.34. The van der Waals surface area contributed by atoms with Gasteiger partial charge in [0, 0.05) is 33.4 Å². The molecule has 5 heteroatoms. The summed E-state index contributed by atoms with van der Waals surface area (Å²) in [7, 11) is 0. The average Bonchev–Trinajstić information content (AvgIpc) is 2.35. The van der Waals surface area contributed by atoms with E-state index in [0.29, 0.717) is 6.42 Å². The number of rotatable bonds is 3. The topological polar surface area (TPSA) is 20.2 Å². The van der Waals surface area contributed by atoms with Crippen LogP contribution in [-0.2, 0) is 6.42 Å². The van der Waals surface area contributed by atoms with Crippen molar-refractivity contribution in [3.05, 3.63) is 34.1 Å². The largest absolute Gasteiger partial charge is 0.392 e. The molecule has 1 aromatic rings. The number of thioether (sulfide) groups is 2. The molecule has 0 amide bonds. The predicted octanol–water partition coefficient (Wildman–Crippen LogP) is 3.34. The van der Waals surface area contributed by atoms with E-state index in [1.54, 1.807) is 6.07 Å². The molecule has 1 fully saturated rings. The van der Waals surface area contributed by atoms with Gasteiger partial charge in [0.1, 0.15) is 5.82 Å². The molecule has 0 aliphatic carbocycles. The first-order valence-electron chi connectivity index (χ1n) is 5.48. The van der Waals surface area contributed by atoms with Crippen LogP contribution in [0.1, 0.15) is 5.56 Å². The van der Waals surface area contributed by atoms with E-state index >= 15 is 0 Å². The molecule has 0 bridgehead atoms. The maximum absolute atomic E-state index is 13.1. The van der Waals surface area contributed by atoms with Crippen LogP contribution < -0.4 is 0 Å². The molecule has 1 aliphatic rings. The van der Waals surface area contributed by atoms with Crippen LogP contribution in [0, 0.1) is 5.82 Å². The summed E-state index contributed by atoms with van der Waals surface area (Å²) in [6, 6.07) is 4.61. The molecule has 94 valence electrons. The van der Waals surface area contributed by atoms with Gasteiger partial charge in [0.25, 0.3) is 0 Å². The molecule has 1 heterocycles. The van der Waals surface area contributed by atoms with Gasteiger partial charge in [-0.1, -0.05) is 15.9 Å². The van der Waals surface area contributed by atoms with Crippen LogP contribution in [0.3, 0.4) is 0 Å². The lowest BCUT2D eigenvalue weighted by molar-refractivity contribution is 0.177. The van der Waals surface area contributed by atoms with Crippen molar-refractivity contribution in [2.75, 3.05) is 17.3 Å².